The highest BCUT2D eigenvalue weighted by atomic mass is 16.5. The lowest BCUT2D eigenvalue weighted by atomic mass is 9.83. The SMILES string of the molecule is O=C(NC[C@H](CO)CC1CCCCC1)C1CCOCC1. The van der Waals surface area contributed by atoms with Crippen LogP contribution >= 0.6 is 0 Å². The van der Waals surface area contributed by atoms with E-state index in [9.17, 15) is 9.90 Å². The second-order valence-electron chi connectivity index (χ2n) is 6.42. The van der Waals surface area contributed by atoms with Crippen molar-refractivity contribution in [1.29, 1.82) is 0 Å². The van der Waals surface area contributed by atoms with Crippen molar-refractivity contribution in [1.82, 2.24) is 5.32 Å². The first kappa shape index (κ1) is 15.8. The van der Waals surface area contributed by atoms with Crippen molar-refractivity contribution < 1.29 is 14.6 Å². The Morgan fingerprint density at radius 2 is 1.85 bits per heavy atom. The van der Waals surface area contributed by atoms with Gasteiger partial charge in [-0.15, -0.1) is 0 Å². The fourth-order valence-corrected chi connectivity index (χ4v) is 3.47. The van der Waals surface area contributed by atoms with Gasteiger partial charge in [0.1, 0.15) is 0 Å². The molecule has 2 rings (SSSR count). The number of carbonyl (C=O) groups is 1. The van der Waals surface area contributed by atoms with E-state index in [1.165, 1.54) is 32.1 Å². The van der Waals surface area contributed by atoms with E-state index in [0.717, 1.165) is 25.2 Å². The normalized spacial score (nSPS) is 23.4. The summed E-state index contributed by atoms with van der Waals surface area (Å²) < 4.78 is 5.28. The molecule has 1 saturated carbocycles. The average molecular weight is 283 g/mol. The third-order valence-electron chi connectivity index (χ3n) is 4.81. The third kappa shape index (κ3) is 5.06. The first-order valence-electron chi connectivity index (χ1n) is 8.26. The zero-order chi connectivity index (χ0) is 14.2. The van der Waals surface area contributed by atoms with E-state index in [1.807, 2.05) is 0 Å². The van der Waals surface area contributed by atoms with Crippen LogP contribution in [0.2, 0.25) is 0 Å². The van der Waals surface area contributed by atoms with Crippen molar-refractivity contribution in [3.05, 3.63) is 0 Å². The minimum absolute atomic E-state index is 0.109. The Morgan fingerprint density at radius 3 is 2.50 bits per heavy atom. The van der Waals surface area contributed by atoms with Crippen molar-refractivity contribution in [3.8, 4) is 0 Å². The lowest BCUT2D eigenvalue weighted by molar-refractivity contribution is -0.128. The summed E-state index contributed by atoms with van der Waals surface area (Å²) in [7, 11) is 0. The predicted molar refractivity (Wildman–Crippen MR) is 78.3 cm³/mol. The molecule has 0 unspecified atom stereocenters. The topological polar surface area (TPSA) is 58.6 Å². The van der Waals surface area contributed by atoms with E-state index < -0.39 is 0 Å². The molecule has 20 heavy (non-hydrogen) atoms. The first-order valence-corrected chi connectivity index (χ1v) is 8.26. The molecule has 4 nitrogen and oxygen atoms in total. The lowest BCUT2D eigenvalue weighted by Gasteiger charge is -2.27. The van der Waals surface area contributed by atoms with Crippen LogP contribution in [0.25, 0.3) is 0 Å². The van der Waals surface area contributed by atoms with Crippen molar-refractivity contribution in [2.45, 2.75) is 51.4 Å². The molecule has 0 aromatic rings. The number of hydrogen-bond acceptors (Lipinski definition) is 3. The van der Waals surface area contributed by atoms with Crippen molar-refractivity contribution >= 4 is 5.91 Å². The molecule has 0 bridgehead atoms. The number of carbonyl (C=O) groups excluding carboxylic acids is 1. The molecule has 1 amide bonds. The highest BCUT2D eigenvalue weighted by Crippen LogP contribution is 2.28. The molecule has 2 aliphatic rings. The van der Waals surface area contributed by atoms with E-state index in [-0.39, 0.29) is 24.3 Å². The summed E-state index contributed by atoms with van der Waals surface area (Å²) in [6, 6.07) is 0. The Bertz CT molecular complexity index is 283. The standard InChI is InChI=1S/C16H29NO3/c18-12-14(10-13-4-2-1-3-5-13)11-17-16(19)15-6-8-20-9-7-15/h13-15,18H,1-12H2,(H,17,19)/t14-/m1/s1. The maximum Gasteiger partial charge on any atom is 0.223 e. The van der Waals surface area contributed by atoms with Crippen LogP contribution < -0.4 is 5.32 Å². The fourth-order valence-electron chi connectivity index (χ4n) is 3.47. The van der Waals surface area contributed by atoms with E-state index >= 15 is 0 Å². The number of aliphatic hydroxyl groups is 1. The van der Waals surface area contributed by atoms with E-state index in [2.05, 4.69) is 5.32 Å². The fraction of sp³-hybridized carbons (Fsp3) is 0.938. The molecule has 0 spiro atoms. The van der Waals surface area contributed by atoms with Gasteiger partial charge in [0, 0.05) is 32.3 Å². The summed E-state index contributed by atoms with van der Waals surface area (Å²) in [6.45, 7) is 2.21. The third-order valence-corrected chi connectivity index (χ3v) is 4.81. The zero-order valence-electron chi connectivity index (χ0n) is 12.5. The first-order chi connectivity index (χ1) is 9.79. The molecule has 0 radical (unpaired) electrons. The average Bonchev–Trinajstić information content (AvgIpc) is 2.53. The van der Waals surface area contributed by atoms with Crippen molar-refractivity contribution in [3.63, 3.8) is 0 Å². The number of aliphatic hydroxyl groups excluding tert-OH is 1. The summed E-state index contributed by atoms with van der Waals surface area (Å²) in [5, 5.41) is 12.5. The molecular weight excluding hydrogens is 254 g/mol. The van der Waals surface area contributed by atoms with Gasteiger partial charge in [-0.1, -0.05) is 32.1 Å². The Morgan fingerprint density at radius 1 is 1.15 bits per heavy atom. The van der Waals surface area contributed by atoms with Crippen LogP contribution in [0.4, 0.5) is 0 Å². The Kier molecular flexibility index (Phi) is 6.80. The molecule has 0 aromatic carbocycles. The van der Waals surface area contributed by atoms with Crippen LogP contribution in [-0.4, -0.2) is 37.4 Å². The minimum atomic E-state index is 0.109. The molecule has 2 fully saturated rings. The Labute approximate surface area is 122 Å². The van der Waals surface area contributed by atoms with Gasteiger partial charge >= 0.3 is 0 Å². The summed E-state index contributed by atoms with van der Waals surface area (Å²) in [6.07, 6.45) is 9.34. The largest absolute Gasteiger partial charge is 0.396 e. The van der Waals surface area contributed by atoms with Gasteiger partial charge in [-0.25, -0.2) is 0 Å². The molecule has 1 heterocycles. The smallest absolute Gasteiger partial charge is 0.223 e. The highest BCUT2D eigenvalue weighted by molar-refractivity contribution is 5.78. The maximum absolute atomic E-state index is 12.1. The number of hydrogen-bond donors (Lipinski definition) is 2. The van der Waals surface area contributed by atoms with Crippen LogP contribution in [0, 0.1) is 17.8 Å². The number of amides is 1. The molecule has 2 N–H and O–H groups in total. The molecule has 1 atom stereocenters. The van der Waals surface area contributed by atoms with Gasteiger partial charge < -0.3 is 15.2 Å². The molecule has 1 aliphatic carbocycles. The van der Waals surface area contributed by atoms with Crippen LogP contribution in [0.5, 0.6) is 0 Å². The monoisotopic (exact) mass is 283 g/mol. The summed E-state index contributed by atoms with van der Waals surface area (Å²) in [5.74, 6) is 1.23. The quantitative estimate of drug-likeness (QED) is 0.785. The molecule has 1 saturated heterocycles. The van der Waals surface area contributed by atoms with Gasteiger partial charge in [-0.3, -0.25) is 4.79 Å². The highest BCUT2D eigenvalue weighted by Gasteiger charge is 2.23. The molecule has 116 valence electrons. The van der Waals surface area contributed by atoms with Gasteiger partial charge in [-0.05, 0) is 31.1 Å². The second-order valence-corrected chi connectivity index (χ2v) is 6.42. The van der Waals surface area contributed by atoms with Crippen LogP contribution in [0.15, 0.2) is 0 Å². The molecule has 4 heteroatoms. The van der Waals surface area contributed by atoms with E-state index in [0.29, 0.717) is 19.8 Å². The minimum Gasteiger partial charge on any atom is -0.396 e. The van der Waals surface area contributed by atoms with Gasteiger partial charge in [-0.2, -0.15) is 0 Å². The summed E-state index contributed by atoms with van der Waals surface area (Å²) >= 11 is 0. The molecule has 0 aromatic heterocycles. The van der Waals surface area contributed by atoms with Gasteiger partial charge in [0.05, 0.1) is 0 Å². The maximum atomic E-state index is 12.1. The van der Waals surface area contributed by atoms with Crippen LogP contribution in [0.1, 0.15) is 51.4 Å². The van der Waals surface area contributed by atoms with Crippen LogP contribution in [0.3, 0.4) is 0 Å². The van der Waals surface area contributed by atoms with Gasteiger partial charge in [0.15, 0.2) is 0 Å². The van der Waals surface area contributed by atoms with Crippen molar-refractivity contribution in [2.24, 2.45) is 17.8 Å². The van der Waals surface area contributed by atoms with Crippen molar-refractivity contribution in [2.75, 3.05) is 26.4 Å². The van der Waals surface area contributed by atoms with E-state index in [1.54, 1.807) is 0 Å². The van der Waals surface area contributed by atoms with E-state index in [4.69, 9.17) is 4.74 Å². The number of rotatable bonds is 6. The number of nitrogens with one attached hydrogen (secondary N) is 1. The summed E-state index contributed by atoms with van der Waals surface area (Å²) in [4.78, 5) is 12.1. The van der Waals surface area contributed by atoms with Gasteiger partial charge in [0.25, 0.3) is 0 Å². The van der Waals surface area contributed by atoms with Gasteiger partial charge in [0.2, 0.25) is 5.91 Å². The predicted octanol–water partition coefficient (Wildman–Crippen LogP) is 2.11. The molecular formula is C16H29NO3. The number of ether oxygens (including phenoxy) is 1. The Hall–Kier alpha value is -0.610. The molecule has 1 aliphatic heterocycles. The van der Waals surface area contributed by atoms with Crippen LogP contribution in [-0.2, 0) is 9.53 Å². The lowest BCUT2D eigenvalue weighted by Crippen LogP contribution is -2.38. The Balaban J connectivity index is 1.68. The summed E-state index contributed by atoms with van der Waals surface area (Å²) in [5.41, 5.74) is 0. The second kappa shape index (κ2) is 8.63. The zero-order valence-corrected chi connectivity index (χ0v) is 12.5.